The van der Waals surface area contributed by atoms with Gasteiger partial charge in [-0.05, 0) is 19.1 Å². The van der Waals surface area contributed by atoms with Crippen LogP contribution in [0.25, 0.3) is 0 Å². The third kappa shape index (κ3) is 2.42. The summed E-state index contributed by atoms with van der Waals surface area (Å²) >= 11 is 3.39. The van der Waals surface area contributed by atoms with Crippen molar-refractivity contribution in [2.45, 2.75) is 13.2 Å². The first-order chi connectivity index (χ1) is 6.19. The molecule has 0 spiro atoms. The predicted octanol–water partition coefficient (Wildman–Crippen LogP) is 1.95. The molecule has 0 bridgehead atoms. The average molecular weight is 245 g/mol. The molecule has 1 atom stereocenters. The number of hydrogen-bond acceptors (Lipinski definition) is 2. The minimum absolute atomic E-state index is 0.00630. The van der Waals surface area contributed by atoms with Crippen molar-refractivity contribution in [1.82, 2.24) is 4.57 Å². The van der Waals surface area contributed by atoms with Gasteiger partial charge >= 0.3 is 0 Å². The van der Waals surface area contributed by atoms with Gasteiger partial charge in [-0.25, -0.2) is 0 Å². The van der Waals surface area contributed by atoms with Crippen molar-refractivity contribution in [3.63, 3.8) is 0 Å². The van der Waals surface area contributed by atoms with Crippen molar-refractivity contribution in [3.05, 3.63) is 28.3 Å². The maximum Gasteiger partial charge on any atom is 0.132 e. The van der Waals surface area contributed by atoms with E-state index in [2.05, 4.69) is 20.9 Å². The molecule has 0 aromatic carbocycles. The molecule has 1 unspecified atom stereocenters. The Kier molecular flexibility index (Phi) is 3.69. The van der Waals surface area contributed by atoms with Crippen LogP contribution in [0.15, 0.2) is 27.8 Å². The molecular formula is C9H13BrN2O. The van der Waals surface area contributed by atoms with E-state index in [1.54, 1.807) is 14.2 Å². The van der Waals surface area contributed by atoms with E-state index < -0.39 is 0 Å². The molecule has 0 saturated carbocycles. The summed E-state index contributed by atoms with van der Waals surface area (Å²) < 4.78 is 8.19. The summed E-state index contributed by atoms with van der Waals surface area (Å²) in [6.45, 7) is 1.97. The maximum absolute atomic E-state index is 5.21. The fourth-order valence-corrected chi connectivity index (χ4v) is 1.40. The number of hydrogen-bond donors (Lipinski definition) is 0. The lowest BCUT2D eigenvalue weighted by atomic mass is 10.4. The highest BCUT2D eigenvalue weighted by atomic mass is 79.9. The zero-order valence-electron chi connectivity index (χ0n) is 7.99. The van der Waals surface area contributed by atoms with Crippen LogP contribution in [0, 0.1) is 0 Å². The van der Waals surface area contributed by atoms with Gasteiger partial charge in [-0.2, -0.15) is 0 Å². The van der Waals surface area contributed by atoms with E-state index in [1.807, 2.05) is 29.8 Å². The van der Waals surface area contributed by atoms with Crippen molar-refractivity contribution in [3.8, 4) is 0 Å². The first-order valence-electron chi connectivity index (χ1n) is 4.02. The van der Waals surface area contributed by atoms with Gasteiger partial charge in [0.05, 0.1) is 0 Å². The van der Waals surface area contributed by atoms with E-state index in [-0.39, 0.29) is 6.23 Å². The molecule has 4 heteroatoms. The Balaban J connectivity index is 3.22. The molecule has 1 rings (SSSR count). The number of halogens is 1. The number of aromatic nitrogens is 1. The molecule has 3 nitrogen and oxygen atoms in total. The predicted molar refractivity (Wildman–Crippen MR) is 55.3 cm³/mol. The third-order valence-corrected chi connectivity index (χ3v) is 2.38. The van der Waals surface area contributed by atoms with Crippen LogP contribution in [0.1, 0.15) is 13.2 Å². The molecule has 0 fully saturated rings. The summed E-state index contributed by atoms with van der Waals surface area (Å²) in [5.41, 5.74) is 0.892. The summed E-state index contributed by atoms with van der Waals surface area (Å²) in [5.74, 6) is 0. The van der Waals surface area contributed by atoms with E-state index in [9.17, 15) is 0 Å². The van der Waals surface area contributed by atoms with Gasteiger partial charge in [0.15, 0.2) is 0 Å². The molecule has 1 aromatic heterocycles. The van der Waals surface area contributed by atoms with Gasteiger partial charge < -0.3 is 9.30 Å². The molecular weight excluding hydrogens is 232 g/mol. The Bertz CT molecular complexity index is 346. The minimum Gasteiger partial charge on any atom is -0.362 e. The molecule has 0 aliphatic heterocycles. The number of methoxy groups -OCH3 is 1. The number of ether oxygens (including phenoxy) is 1. The van der Waals surface area contributed by atoms with Crippen molar-refractivity contribution < 1.29 is 4.74 Å². The fraction of sp³-hybridized carbons (Fsp3) is 0.444. The van der Waals surface area contributed by atoms with Crippen molar-refractivity contribution in [2.75, 3.05) is 14.2 Å². The summed E-state index contributed by atoms with van der Waals surface area (Å²) in [6, 6.07) is 3.92. The standard InChI is InChI=1S/C9H13BrN2O/c1-7(13-3)12-5-4-8(10)6-9(12)11-2/h4-7H,1-3H3. The molecule has 0 N–H and O–H groups in total. The molecule has 0 aliphatic rings. The number of nitrogens with zero attached hydrogens (tertiary/aromatic N) is 2. The lowest BCUT2D eigenvalue weighted by molar-refractivity contribution is 0.0568. The summed E-state index contributed by atoms with van der Waals surface area (Å²) in [6.07, 6.45) is 1.95. The zero-order chi connectivity index (χ0) is 9.84. The van der Waals surface area contributed by atoms with Gasteiger partial charge in [-0.15, -0.1) is 0 Å². The Hall–Kier alpha value is -0.610. The normalized spacial score (nSPS) is 14.6. The molecule has 0 aliphatic carbocycles. The Morgan fingerprint density at radius 3 is 2.85 bits per heavy atom. The summed E-state index contributed by atoms with van der Waals surface area (Å²) in [4.78, 5) is 4.15. The Labute approximate surface area is 86.2 Å². The fourth-order valence-electron chi connectivity index (χ4n) is 1.07. The molecule has 13 heavy (non-hydrogen) atoms. The lowest BCUT2D eigenvalue weighted by Crippen LogP contribution is -2.24. The highest BCUT2D eigenvalue weighted by Crippen LogP contribution is 2.07. The average Bonchev–Trinajstić information content (AvgIpc) is 2.16. The first-order valence-corrected chi connectivity index (χ1v) is 4.81. The topological polar surface area (TPSA) is 26.5 Å². The van der Waals surface area contributed by atoms with Crippen molar-refractivity contribution >= 4 is 15.9 Å². The van der Waals surface area contributed by atoms with Crippen LogP contribution < -0.4 is 5.49 Å². The van der Waals surface area contributed by atoms with Crippen LogP contribution in [-0.2, 0) is 4.74 Å². The minimum atomic E-state index is 0.00630. The number of pyridine rings is 1. The summed E-state index contributed by atoms with van der Waals surface area (Å²) in [7, 11) is 3.44. The van der Waals surface area contributed by atoms with Crippen molar-refractivity contribution in [2.24, 2.45) is 4.99 Å². The highest BCUT2D eigenvalue weighted by Gasteiger charge is 2.01. The smallest absolute Gasteiger partial charge is 0.132 e. The maximum atomic E-state index is 5.21. The second-order valence-corrected chi connectivity index (χ2v) is 3.58. The van der Waals surface area contributed by atoms with E-state index in [4.69, 9.17) is 4.74 Å². The van der Waals surface area contributed by atoms with Gasteiger partial charge in [0.25, 0.3) is 0 Å². The van der Waals surface area contributed by atoms with E-state index in [0.29, 0.717) is 0 Å². The van der Waals surface area contributed by atoms with Crippen LogP contribution in [0.5, 0.6) is 0 Å². The van der Waals surface area contributed by atoms with Crippen LogP contribution in [-0.4, -0.2) is 18.7 Å². The van der Waals surface area contributed by atoms with Gasteiger partial charge in [0.1, 0.15) is 11.7 Å². The third-order valence-electron chi connectivity index (χ3n) is 1.89. The number of rotatable bonds is 2. The first kappa shape index (κ1) is 10.5. The second kappa shape index (κ2) is 4.58. The highest BCUT2D eigenvalue weighted by molar-refractivity contribution is 9.10. The molecule has 0 radical (unpaired) electrons. The van der Waals surface area contributed by atoms with E-state index in [0.717, 1.165) is 9.96 Å². The Morgan fingerprint density at radius 2 is 2.31 bits per heavy atom. The molecule has 0 saturated heterocycles. The second-order valence-electron chi connectivity index (χ2n) is 2.67. The molecule has 0 amide bonds. The quantitative estimate of drug-likeness (QED) is 0.782. The Morgan fingerprint density at radius 1 is 1.62 bits per heavy atom. The SMILES string of the molecule is CN=c1cc(Br)ccn1C(C)OC. The summed E-state index contributed by atoms with van der Waals surface area (Å²) in [5, 5.41) is 0. The van der Waals surface area contributed by atoms with Crippen LogP contribution in [0.2, 0.25) is 0 Å². The van der Waals surface area contributed by atoms with Gasteiger partial charge in [-0.1, -0.05) is 15.9 Å². The van der Waals surface area contributed by atoms with E-state index >= 15 is 0 Å². The van der Waals surface area contributed by atoms with Crippen LogP contribution in [0.4, 0.5) is 0 Å². The largest absolute Gasteiger partial charge is 0.362 e. The van der Waals surface area contributed by atoms with E-state index in [1.165, 1.54) is 0 Å². The molecule has 72 valence electrons. The zero-order valence-corrected chi connectivity index (χ0v) is 9.58. The van der Waals surface area contributed by atoms with Gasteiger partial charge in [-0.3, -0.25) is 4.99 Å². The molecule has 1 aromatic rings. The molecule has 1 heterocycles. The van der Waals surface area contributed by atoms with Gasteiger partial charge in [0.2, 0.25) is 0 Å². The van der Waals surface area contributed by atoms with Crippen LogP contribution >= 0.6 is 15.9 Å². The van der Waals surface area contributed by atoms with Gasteiger partial charge in [0, 0.05) is 24.8 Å². The van der Waals surface area contributed by atoms with Crippen molar-refractivity contribution in [1.29, 1.82) is 0 Å². The van der Waals surface area contributed by atoms with Crippen LogP contribution in [0.3, 0.4) is 0 Å². The lowest BCUT2D eigenvalue weighted by Gasteiger charge is -2.14. The monoisotopic (exact) mass is 244 g/mol.